The Morgan fingerprint density at radius 3 is 2.54 bits per heavy atom. The maximum Gasteiger partial charge on any atom is 0.410 e. The fraction of sp³-hybridized carbons (Fsp3) is 0.304. The van der Waals surface area contributed by atoms with Gasteiger partial charge in [0.1, 0.15) is 6.61 Å². The van der Waals surface area contributed by atoms with Crippen LogP contribution < -0.4 is 0 Å². The number of carbonyl (C=O) groups excluding carboxylic acids is 1. The van der Waals surface area contributed by atoms with E-state index in [0.29, 0.717) is 18.7 Å². The highest BCUT2D eigenvalue weighted by Crippen LogP contribution is 2.23. The van der Waals surface area contributed by atoms with Gasteiger partial charge in [-0.2, -0.15) is 0 Å². The topological polar surface area (TPSA) is 66.8 Å². The summed E-state index contributed by atoms with van der Waals surface area (Å²) in [5.74, 6) is -0.900. The molecule has 0 saturated heterocycles. The lowest BCUT2D eigenvalue weighted by molar-refractivity contribution is -0.132. The summed E-state index contributed by atoms with van der Waals surface area (Å²) in [5, 5.41) is 9.26. The van der Waals surface area contributed by atoms with Gasteiger partial charge in [0.15, 0.2) is 0 Å². The first kappa shape index (κ1) is 19.7. The number of allylic oxidation sites excluding steroid dienone is 4. The molecule has 0 unspecified atom stereocenters. The Morgan fingerprint density at radius 1 is 1.04 bits per heavy atom. The first-order valence-corrected chi connectivity index (χ1v) is 9.60. The van der Waals surface area contributed by atoms with Crippen molar-refractivity contribution < 1.29 is 19.4 Å². The van der Waals surface area contributed by atoms with E-state index in [1.807, 2.05) is 42.5 Å². The third kappa shape index (κ3) is 5.46. The van der Waals surface area contributed by atoms with Crippen LogP contribution in [0.4, 0.5) is 4.79 Å². The van der Waals surface area contributed by atoms with Crippen molar-refractivity contribution in [1.29, 1.82) is 0 Å². The highest BCUT2D eigenvalue weighted by Gasteiger charge is 2.19. The third-order valence-electron chi connectivity index (χ3n) is 4.87. The van der Waals surface area contributed by atoms with Crippen LogP contribution in [-0.4, -0.2) is 35.2 Å². The molecule has 1 N–H and O–H groups in total. The maximum absolute atomic E-state index is 12.3. The average Bonchev–Trinajstić information content (AvgIpc) is 2.85. The standard InChI is InChI=1S/C23H25NO4/c25-22(26)21-10-6-2-5-9-19(11-12-21)20-13-15-24(16-14-20)23(27)28-17-18-7-3-1-4-8-18/h1,3-4,7-13H,2,5-6,14-17H2,(H,25,26)/b12-11-,19-9-,21-10-. The van der Waals surface area contributed by atoms with Crippen LogP contribution in [0, 0.1) is 0 Å². The molecule has 0 spiro atoms. The van der Waals surface area contributed by atoms with E-state index in [1.165, 1.54) is 0 Å². The van der Waals surface area contributed by atoms with Gasteiger partial charge in [-0.15, -0.1) is 0 Å². The van der Waals surface area contributed by atoms with Crippen molar-refractivity contribution in [3.8, 4) is 0 Å². The van der Waals surface area contributed by atoms with E-state index in [2.05, 4.69) is 6.08 Å². The van der Waals surface area contributed by atoms with Crippen molar-refractivity contribution in [3.05, 3.63) is 83.0 Å². The highest BCUT2D eigenvalue weighted by atomic mass is 16.6. The number of ether oxygens (including phenoxy) is 1. The zero-order valence-electron chi connectivity index (χ0n) is 15.8. The van der Waals surface area contributed by atoms with Crippen molar-refractivity contribution in [2.24, 2.45) is 0 Å². The first-order chi connectivity index (χ1) is 13.6. The largest absolute Gasteiger partial charge is 0.478 e. The molecule has 3 rings (SSSR count). The van der Waals surface area contributed by atoms with Crippen molar-refractivity contribution in [1.82, 2.24) is 4.90 Å². The lowest BCUT2D eigenvalue weighted by Crippen LogP contribution is -2.35. The third-order valence-corrected chi connectivity index (χ3v) is 4.87. The first-order valence-electron chi connectivity index (χ1n) is 9.60. The van der Waals surface area contributed by atoms with Gasteiger partial charge in [-0.3, -0.25) is 0 Å². The van der Waals surface area contributed by atoms with Gasteiger partial charge < -0.3 is 14.7 Å². The highest BCUT2D eigenvalue weighted by molar-refractivity contribution is 5.90. The maximum atomic E-state index is 12.3. The molecule has 0 radical (unpaired) electrons. The molecule has 146 valence electrons. The molecule has 28 heavy (non-hydrogen) atoms. The van der Waals surface area contributed by atoms with Crippen LogP contribution in [0.15, 0.2) is 77.4 Å². The van der Waals surface area contributed by atoms with Crippen molar-refractivity contribution in [2.75, 3.05) is 13.1 Å². The summed E-state index contributed by atoms with van der Waals surface area (Å²) in [6, 6.07) is 9.62. The molecule has 1 heterocycles. The molecule has 1 aliphatic heterocycles. The summed E-state index contributed by atoms with van der Waals surface area (Å²) in [4.78, 5) is 25.3. The van der Waals surface area contributed by atoms with Gasteiger partial charge >= 0.3 is 12.1 Å². The van der Waals surface area contributed by atoms with Gasteiger partial charge in [-0.1, -0.05) is 54.6 Å². The lowest BCUT2D eigenvalue weighted by Gasteiger charge is -2.26. The molecule has 0 aromatic heterocycles. The monoisotopic (exact) mass is 379 g/mol. The van der Waals surface area contributed by atoms with E-state index in [1.54, 1.807) is 17.1 Å². The molecule has 2 aliphatic rings. The van der Waals surface area contributed by atoms with E-state index in [0.717, 1.165) is 42.4 Å². The van der Waals surface area contributed by atoms with Gasteiger partial charge in [-0.05, 0) is 48.5 Å². The van der Waals surface area contributed by atoms with Crippen LogP contribution in [-0.2, 0) is 16.1 Å². The number of hydrogen-bond acceptors (Lipinski definition) is 3. The van der Waals surface area contributed by atoms with Crippen molar-refractivity contribution in [2.45, 2.75) is 32.3 Å². The molecule has 0 atom stereocenters. The summed E-state index contributed by atoms with van der Waals surface area (Å²) in [5.41, 5.74) is 3.49. The predicted octanol–water partition coefficient (Wildman–Crippen LogP) is 4.63. The predicted molar refractivity (Wildman–Crippen MR) is 108 cm³/mol. The number of rotatable bonds is 4. The van der Waals surface area contributed by atoms with Crippen LogP contribution in [0.1, 0.15) is 31.2 Å². The fourth-order valence-corrected chi connectivity index (χ4v) is 3.25. The van der Waals surface area contributed by atoms with E-state index < -0.39 is 5.97 Å². The number of aliphatic carboxylic acids is 1. The molecule has 1 aliphatic carbocycles. The van der Waals surface area contributed by atoms with Gasteiger partial charge in [0.2, 0.25) is 0 Å². The van der Waals surface area contributed by atoms with Gasteiger partial charge in [-0.25, -0.2) is 9.59 Å². The molecule has 0 bridgehead atoms. The van der Waals surface area contributed by atoms with Crippen LogP contribution in [0.2, 0.25) is 0 Å². The number of nitrogens with zero attached hydrogens (tertiary/aromatic N) is 1. The molecular formula is C23H25NO4. The summed E-state index contributed by atoms with van der Waals surface area (Å²) in [7, 11) is 0. The van der Waals surface area contributed by atoms with Gasteiger partial charge in [0, 0.05) is 13.1 Å². The van der Waals surface area contributed by atoms with Crippen LogP contribution in [0.25, 0.3) is 0 Å². The van der Waals surface area contributed by atoms with Gasteiger partial charge in [0.25, 0.3) is 0 Å². The minimum Gasteiger partial charge on any atom is -0.478 e. The molecule has 1 aromatic rings. The molecule has 5 heteroatoms. The average molecular weight is 379 g/mol. The zero-order valence-corrected chi connectivity index (χ0v) is 15.8. The van der Waals surface area contributed by atoms with E-state index >= 15 is 0 Å². The smallest absolute Gasteiger partial charge is 0.410 e. The molecule has 5 nitrogen and oxygen atoms in total. The summed E-state index contributed by atoms with van der Waals surface area (Å²) >= 11 is 0. The number of amides is 1. The Bertz CT molecular complexity index is 833. The number of carboxylic acid groups (broad SMARTS) is 1. The Labute approximate surface area is 165 Å². The quantitative estimate of drug-likeness (QED) is 0.828. The van der Waals surface area contributed by atoms with E-state index in [4.69, 9.17) is 4.74 Å². The normalized spacial score (nSPS) is 22.3. The number of benzene rings is 1. The molecular weight excluding hydrogens is 354 g/mol. The minimum atomic E-state index is -0.900. The van der Waals surface area contributed by atoms with Crippen molar-refractivity contribution in [3.63, 3.8) is 0 Å². The fourth-order valence-electron chi connectivity index (χ4n) is 3.25. The van der Waals surface area contributed by atoms with Gasteiger partial charge in [0.05, 0.1) is 5.57 Å². The second kappa shape index (κ2) is 9.74. The van der Waals surface area contributed by atoms with Crippen molar-refractivity contribution >= 4 is 12.1 Å². The second-order valence-corrected chi connectivity index (χ2v) is 6.85. The molecule has 1 aromatic carbocycles. The second-order valence-electron chi connectivity index (χ2n) is 6.85. The minimum absolute atomic E-state index is 0.269. The van der Waals surface area contributed by atoms with E-state index in [9.17, 15) is 14.7 Å². The van der Waals surface area contributed by atoms with E-state index in [-0.39, 0.29) is 12.7 Å². The number of hydrogen-bond donors (Lipinski definition) is 1. The number of carbonyl (C=O) groups is 2. The summed E-state index contributed by atoms with van der Waals surface area (Å²) < 4.78 is 5.40. The Hall–Kier alpha value is -3.08. The Kier molecular flexibility index (Phi) is 6.84. The summed E-state index contributed by atoms with van der Waals surface area (Å²) in [6.45, 7) is 1.35. The van der Waals surface area contributed by atoms with Crippen LogP contribution in [0.3, 0.4) is 0 Å². The molecule has 0 saturated carbocycles. The lowest BCUT2D eigenvalue weighted by atomic mass is 9.97. The SMILES string of the molecule is O=C(O)C1=C\CCC/C=C(C2=CCN(C(=O)OCc3ccccc3)CC2)/C=C\1. The Morgan fingerprint density at radius 2 is 1.82 bits per heavy atom. The zero-order chi connectivity index (χ0) is 19.8. The molecule has 0 fully saturated rings. The Balaban J connectivity index is 1.60. The molecule has 1 amide bonds. The van der Waals surface area contributed by atoms with Crippen LogP contribution in [0.5, 0.6) is 0 Å². The van der Waals surface area contributed by atoms with Crippen LogP contribution >= 0.6 is 0 Å². The number of carboxylic acids is 1. The summed E-state index contributed by atoms with van der Waals surface area (Å²) in [6.07, 6.45) is 12.5.